The van der Waals surface area contributed by atoms with Crippen LogP contribution in [0.15, 0.2) is 72.8 Å². The van der Waals surface area contributed by atoms with Crippen molar-refractivity contribution in [1.82, 2.24) is 0 Å². The molecule has 1 amide bonds. The van der Waals surface area contributed by atoms with Crippen molar-refractivity contribution in [1.29, 1.82) is 0 Å². The predicted molar refractivity (Wildman–Crippen MR) is 95.7 cm³/mol. The average molecular weight is 323 g/mol. The predicted octanol–water partition coefficient (Wildman–Crippen LogP) is 4.84. The van der Waals surface area contributed by atoms with Gasteiger partial charge < -0.3 is 11.1 Å². The highest BCUT2D eigenvalue weighted by molar-refractivity contribution is 6.33. The van der Waals surface area contributed by atoms with Gasteiger partial charge in [-0.1, -0.05) is 54.1 Å². The van der Waals surface area contributed by atoms with Gasteiger partial charge >= 0.3 is 0 Å². The highest BCUT2D eigenvalue weighted by Crippen LogP contribution is 2.29. The Balaban J connectivity index is 1.97. The molecule has 23 heavy (non-hydrogen) atoms. The molecular formula is C19H15ClN2O. The fraction of sp³-hybridized carbons (Fsp3) is 0. The molecule has 0 aromatic heterocycles. The third-order valence-electron chi connectivity index (χ3n) is 3.51. The summed E-state index contributed by atoms with van der Waals surface area (Å²) in [5.74, 6) is -0.166. The van der Waals surface area contributed by atoms with Crippen molar-refractivity contribution >= 4 is 28.9 Å². The fourth-order valence-corrected chi connectivity index (χ4v) is 2.48. The minimum absolute atomic E-state index is 0.166. The lowest BCUT2D eigenvalue weighted by molar-refractivity contribution is 0.102. The van der Waals surface area contributed by atoms with Gasteiger partial charge in [0.05, 0.1) is 10.7 Å². The second kappa shape index (κ2) is 6.55. The molecule has 0 spiro atoms. The summed E-state index contributed by atoms with van der Waals surface area (Å²) in [5.41, 5.74) is 9.36. The molecular weight excluding hydrogens is 308 g/mol. The number of nitrogens with two attached hydrogens (primary N) is 1. The van der Waals surface area contributed by atoms with Gasteiger partial charge in [-0.25, -0.2) is 0 Å². The summed E-state index contributed by atoms with van der Waals surface area (Å²) in [6.45, 7) is 0. The van der Waals surface area contributed by atoms with Gasteiger partial charge in [-0.2, -0.15) is 0 Å². The lowest BCUT2D eigenvalue weighted by Gasteiger charge is -2.11. The number of nitrogen functional groups attached to an aromatic ring is 1. The van der Waals surface area contributed by atoms with Gasteiger partial charge in [0.25, 0.3) is 5.91 Å². The summed E-state index contributed by atoms with van der Waals surface area (Å²) in [6.07, 6.45) is 0. The number of nitrogens with one attached hydrogen (secondary N) is 1. The van der Waals surface area contributed by atoms with Gasteiger partial charge in [0.1, 0.15) is 0 Å². The van der Waals surface area contributed by atoms with E-state index < -0.39 is 0 Å². The first-order valence-corrected chi connectivity index (χ1v) is 7.54. The summed E-state index contributed by atoms with van der Waals surface area (Å²) in [6, 6.07) is 22.1. The van der Waals surface area contributed by atoms with E-state index in [1.54, 1.807) is 18.2 Å². The number of amides is 1. The molecule has 0 aliphatic rings. The number of hydrogen-bond acceptors (Lipinski definition) is 2. The number of anilines is 2. The van der Waals surface area contributed by atoms with E-state index in [0.717, 1.165) is 16.8 Å². The van der Waals surface area contributed by atoms with Crippen LogP contribution in [0.2, 0.25) is 5.02 Å². The summed E-state index contributed by atoms with van der Waals surface area (Å²) < 4.78 is 0. The zero-order valence-electron chi connectivity index (χ0n) is 12.3. The molecule has 0 radical (unpaired) electrons. The monoisotopic (exact) mass is 322 g/mol. The van der Waals surface area contributed by atoms with Crippen LogP contribution >= 0.6 is 11.6 Å². The Bertz CT molecular complexity index is 847. The summed E-state index contributed by atoms with van der Waals surface area (Å²) in [7, 11) is 0. The molecule has 0 aliphatic heterocycles. The van der Waals surface area contributed by atoms with E-state index in [1.165, 1.54) is 0 Å². The highest BCUT2D eigenvalue weighted by atomic mass is 35.5. The Morgan fingerprint density at radius 2 is 1.61 bits per heavy atom. The van der Waals surface area contributed by atoms with Crippen molar-refractivity contribution in [3.05, 3.63) is 83.4 Å². The second-order valence-corrected chi connectivity index (χ2v) is 5.51. The van der Waals surface area contributed by atoms with E-state index in [1.807, 2.05) is 54.6 Å². The van der Waals surface area contributed by atoms with Gasteiger partial charge in [0.15, 0.2) is 0 Å². The Morgan fingerprint density at radius 3 is 2.35 bits per heavy atom. The van der Waals surface area contributed by atoms with Crippen molar-refractivity contribution in [2.45, 2.75) is 0 Å². The van der Waals surface area contributed by atoms with Crippen molar-refractivity contribution in [2.24, 2.45) is 0 Å². The molecule has 0 heterocycles. The number of carbonyl (C=O) groups is 1. The van der Waals surface area contributed by atoms with Crippen LogP contribution in [0.4, 0.5) is 11.4 Å². The zero-order chi connectivity index (χ0) is 16.2. The molecule has 0 bridgehead atoms. The van der Waals surface area contributed by atoms with Crippen LogP contribution in [0.3, 0.4) is 0 Å². The SMILES string of the molecule is Nc1cc(-c2ccccc2C(=O)Nc2ccccc2)ccc1Cl. The molecule has 3 aromatic carbocycles. The highest BCUT2D eigenvalue weighted by Gasteiger charge is 2.13. The first kappa shape index (κ1) is 15.1. The molecule has 0 fully saturated rings. The molecule has 3 N–H and O–H groups in total. The van der Waals surface area contributed by atoms with Crippen molar-refractivity contribution in [2.75, 3.05) is 11.1 Å². The lowest BCUT2D eigenvalue weighted by Crippen LogP contribution is -2.13. The van der Waals surface area contributed by atoms with E-state index in [0.29, 0.717) is 16.3 Å². The number of benzene rings is 3. The maximum Gasteiger partial charge on any atom is 0.256 e. The molecule has 114 valence electrons. The minimum atomic E-state index is -0.166. The maximum atomic E-state index is 12.6. The van der Waals surface area contributed by atoms with Crippen LogP contribution in [-0.4, -0.2) is 5.91 Å². The topological polar surface area (TPSA) is 55.1 Å². The first-order chi connectivity index (χ1) is 11.1. The van der Waals surface area contributed by atoms with Gasteiger partial charge in [-0.3, -0.25) is 4.79 Å². The van der Waals surface area contributed by atoms with E-state index >= 15 is 0 Å². The molecule has 0 aliphatic carbocycles. The third-order valence-corrected chi connectivity index (χ3v) is 3.85. The zero-order valence-corrected chi connectivity index (χ0v) is 13.0. The number of halogens is 1. The second-order valence-electron chi connectivity index (χ2n) is 5.10. The van der Waals surface area contributed by atoms with Crippen molar-refractivity contribution < 1.29 is 4.79 Å². The van der Waals surface area contributed by atoms with Gasteiger partial charge in [0.2, 0.25) is 0 Å². The third kappa shape index (κ3) is 3.35. The minimum Gasteiger partial charge on any atom is -0.398 e. The Labute approximate surface area is 139 Å². The van der Waals surface area contributed by atoms with E-state index in [4.69, 9.17) is 17.3 Å². The summed E-state index contributed by atoms with van der Waals surface area (Å²) in [5, 5.41) is 3.40. The number of rotatable bonds is 3. The summed E-state index contributed by atoms with van der Waals surface area (Å²) >= 11 is 5.97. The summed E-state index contributed by atoms with van der Waals surface area (Å²) in [4.78, 5) is 12.6. The molecule has 0 atom stereocenters. The molecule has 0 saturated carbocycles. The van der Waals surface area contributed by atoms with Crippen LogP contribution in [0.25, 0.3) is 11.1 Å². The van der Waals surface area contributed by atoms with Crippen LogP contribution < -0.4 is 11.1 Å². The van der Waals surface area contributed by atoms with Crippen molar-refractivity contribution in [3.63, 3.8) is 0 Å². The van der Waals surface area contributed by atoms with Gasteiger partial charge in [-0.05, 0) is 41.5 Å². The number of carbonyl (C=O) groups excluding carboxylic acids is 1. The number of hydrogen-bond donors (Lipinski definition) is 2. The molecule has 0 saturated heterocycles. The Hall–Kier alpha value is -2.78. The quantitative estimate of drug-likeness (QED) is 0.678. The van der Waals surface area contributed by atoms with E-state index in [9.17, 15) is 4.79 Å². The number of para-hydroxylation sites is 1. The van der Waals surface area contributed by atoms with Crippen LogP contribution in [-0.2, 0) is 0 Å². The average Bonchev–Trinajstić information content (AvgIpc) is 2.58. The molecule has 0 unspecified atom stereocenters. The van der Waals surface area contributed by atoms with Crippen LogP contribution in [0.5, 0.6) is 0 Å². The molecule has 4 heteroatoms. The largest absolute Gasteiger partial charge is 0.398 e. The van der Waals surface area contributed by atoms with Gasteiger partial charge in [-0.15, -0.1) is 0 Å². The first-order valence-electron chi connectivity index (χ1n) is 7.16. The Kier molecular flexibility index (Phi) is 4.31. The molecule has 3 aromatic rings. The van der Waals surface area contributed by atoms with Crippen LogP contribution in [0.1, 0.15) is 10.4 Å². The smallest absolute Gasteiger partial charge is 0.256 e. The van der Waals surface area contributed by atoms with E-state index in [2.05, 4.69) is 5.32 Å². The fourth-order valence-electron chi connectivity index (χ4n) is 2.36. The normalized spacial score (nSPS) is 10.3. The van der Waals surface area contributed by atoms with Gasteiger partial charge in [0, 0.05) is 11.3 Å². The standard InChI is InChI=1S/C19H15ClN2O/c20-17-11-10-13(12-18(17)21)15-8-4-5-9-16(15)19(23)22-14-6-2-1-3-7-14/h1-12H,21H2,(H,22,23). The molecule has 3 nitrogen and oxygen atoms in total. The Morgan fingerprint density at radius 1 is 0.913 bits per heavy atom. The maximum absolute atomic E-state index is 12.6. The van der Waals surface area contributed by atoms with E-state index in [-0.39, 0.29) is 5.91 Å². The van der Waals surface area contributed by atoms with Crippen molar-refractivity contribution in [3.8, 4) is 11.1 Å². The lowest BCUT2D eigenvalue weighted by atomic mass is 9.98. The van der Waals surface area contributed by atoms with Crippen LogP contribution in [0, 0.1) is 0 Å². The molecule has 3 rings (SSSR count).